The highest BCUT2D eigenvalue weighted by atomic mass is 35.5. The van der Waals surface area contributed by atoms with E-state index in [2.05, 4.69) is 28.8 Å². The fraction of sp³-hybridized carbons (Fsp3) is 0.600. The van der Waals surface area contributed by atoms with Crippen LogP contribution in [0, 0.1) is 0 Å². The number of nitrogens with two attached hydrogens (primary N) is 1. The molecule has 1 saturated heterocycles. The van der Waals surface area contributed by atoms with E-state index in [9.17, 15) is 0 Å². The number of hydrogen-bond acceptors (Lipinski definition) is 4. The first kappa shape index (κ1) is 15.6. The third-order valence-corrected chi connectivity index (χ3v) is 3.93. The van der Waals surface area contributed by atoms with Crippen molar-refractivity contribution in [1.29, 1.82) is 0 Å². The number of nitrogen functional groups attached to an aromatic ring is 1. The lowest BCUT2D eigenvalue weighted by Gasteiger charge is -2.35. The minimum Gasteiger partial charge on any atom is -0.399 e. The smallest absolute Gasteiger partial charge is 0.0429 e. The maximum absolute atomic E-state index is 6.05. The molecule has 5 heteroatoms. The molecule has 1 aromatic rings. The Hall–Kier alpha value is -0.810. The number of halogens is 1. The Labute approximate surface area is 127 Å². The highest BCUT2D eigenvalue weighted by Gasteiger charge is 2.16. The van der Waals surface area contributed by atoms with E-state index >= 15 is 0 Å². The Morgan fingerprint density at radius 1 is 1.10 bits per heavy atom. The molecular weight excluding hydrogens is 272 g/mol. The van der Waals surface area contributed by atoms with Gasteiger partial charge in [0, 0.05) is 56.5 Å². The van der Waals surface area contributed by atoms with Gasteiger partial charge in [-0.25, -0.2) is 0 Å². The highest BCUT2D eigenvalue weighted by Crippen LogP contribution is 2.18. The van der Waals surface area contributed by atoms with Crippen molar-refractivity contribution in [3.05, 3.63) is 28.8 Å². The van der Waals surface area contributed by atoms with E-state index in [1.807, 2.05) is 12.1 Å². The number of piperazine rings is 1. The van der Waals surface area contributed by atoms with Crippen LogP contribution in [0.3, 0.4) is 0 Å². The SMILES string of the molecule is CN(C)CCN1CCN(Cc2cc(N)cc(Cl)c2)CC1. The number of likely N-dealkylation sites (N-methyl/N-ethyl adjacent to an activating group) is 1. The number of hydrogen-bond donors (Lipinski definition) is 1. The van der Waals surface area contributed by atoms with Gasteiger partial charge in [0.25, 0.3) is 0 Å². The second-order valence-corrected chi connectivity index (χ2v) is 6.25. The zero-order valence-corrected chi connectivity index (χ0v) is 13.2. The average Bonchev–Trinajstić information content (AvgIpc) is 2.36. The zero-order valence-electron chi connectivity index (χ0n) is 12.5. The van der Waals surface area contributed by atoms with Gasteiger partial charge in [0.15, 0.2) is 0 Å². The monoisotopic (exact) mass is 296 g/mol. The molecule has 0 aromatic heterocycles. The molecule has 112 valence electrons. The molecule has 1 aliphatic heterocycles. The minimum atomic E-state index is 0.726. The fourth-order valence-corrected chi connectivity index (χ4v) is 2.80. The van der Waals surface area contributed by atoms with Crippen molar-refractivity contribution in [3.63, 3.8) is 0 Å². The van der Waals surface area contributed by atoms with Gasteiger partial charge in [-0.15, -0.1) is 0 Å². The maximum atomic E-state index is 6.05. The Morgan fingerprint density at radius 3 is 2.35 bits per heavy atom. The Balaban J connectivity index is 1.79. The molecule has 0 spiro atoms. The average molecular weight is 297 g/mol. The van der Waals surface area contributed by atoms with Crippen LogP contribution in [0.5, 0.6) is 0 Å². The molecule has 1 fully saturated rings. The van der Waals surface area contributed by atoms with Crippen LogP contribution >= 0.6 is 11.6 Å². The summed E-state index contributed by atoms with van der Waals surface area (Å²) >= 11 is 6.05. The molecule has 0 saturated carbocycles. The van der Waals surface area contributed by atoms with E-state index < -0.39 is 0 Å². The molecule has 0 radical (unpaired) electrons. The number of nitrogens with zero attached hydrogens (tertiary/aromatic N) is 3. The molecule has 2 N–H and O–H groups in total. The first-order valence-corrected chi connectivity index (χ1v) is 7.55. The predicted molar refractivity (Wildman–Crippen MR) is 86.1 cm³/mol. The normalized spacial score (nSPS) is 17.8. The van der Waals surface area contributed by atoms with Gasteiger partial charge >= 0.3 is 0 Å². The van der Waals surface area contributed by atoms with Crippen molar-refractivity contribution in [2.75, 3.05) is 59.1 Å². The topological polar surface area (TPSA) is 35.7 Å². The third kappa shape index (κ3) is 4.94. The largest absolute Gasteiger partial charge is 0.399 e. The van der Waals surface area contributed by atoms with Gasteiger partial charge in [0.2, 0.25) is 0 Å². The molecule has 0 bridgehead atoms. The minimum absolute atomic E-state index is 0.726. The van der Waals surface area contributed by atoms with Crippen LogP contribution in [-0.4, -0.2) is 68.1 Å². The van der Waals surface area contributed by atoms with Crippen molar-refractivity contribution >= 4 is 17.3 Å². The van der Waals surface area contributed by atoms with Gasteiger partial charge in [-0.05, 0) is 37.9 Å². The molecule has 0 aliphatic carbocycles. The molecule has 1 aliphatic rings. The molecule has 1 heterocycles. The summed E-state index contributed by atoms with van der Waals surface area (Å²) in [5, 5.41) is 0.726. The summed E-state index contributed by atoms with van der Waals surface area (Å²) in [5.41, 5.74) is 7.79. The Morgan fingerprint density at radius 2 is 1.75 bits per heavy atom. The fourth-order valence-electron chi connectivity index (χ4n) is 2.54. The van der Waals surface area contributed by atoms with Crippen molar-refractivity contribution in [3.8, 4) is 0 Å². The third-order valence-electron chi connectivity index (χ3n) is 3.71. The molecule has 20 heavy (non-hydrogen) atoms. The number of benzene rings is 1. The maximum Gasteiger partial charge on any atom is 0.0429 e. The van der Waals surface area contributed by atoms with Gasteiger partial charge in [-0.1, -0.05) is 11.6 Å². The summed E-state index contributed by atoms with van der Waals surface area (Å²) in [6.07, 6.45) is 0. The highest BCUT2D eigenvalue weighted by molar-refractivity contribution is 6.30. The van der Waals surface area contributed by atoms with Gasteiger partial charge in [-0.3, -0.25) is 9.80 Å². The Bertz CT molecular complexity index is 408. The van der Waals surface area contributed by atoms with Gasteiger partial charge in [0.1, 0.15) is 0 Å². The summed E-state index contributed by atoms with van der Waals surface area (Å²) in [6, 6.07) is 5.82. The first-order chi connectivity index (χ1) is 9.52. The second-order valence-electron chi connectivity index (χ2n) is 5.81. The summed E-state index contributed by atoms with van der Waals surface area (Å²) < 4.78 is 0. The lowest BCUT2D eigenvalue weighted by molar-refractivity contribution is 0.120. The summed E-state index contributed by atoms with van der Waals surface area (Å²) in [6.45, 7) is 7.73. The van der Waals surface area contributed by atoms with E-state index in [0.717, 1.165) is 56.5 Å². The lowest BCUT2D eigenvalue weighted by atomic mass is 10.1. The van der Waals surface area contributed by atoms with Crippen LogP contribution in [0.25, 0.3) is 0 Å². The molecule has 4 nitrogen and oxygen atoms in total. The van der Waals surface area contributed by atoms with E-state index in [1.54, 1.807) is 6.07 Å². The van der Waals surface area contributed by atoms with Crippen LogP contribution in [0.15, 0.2) is 18.2 Å². The molecule has 1 aromatic carbocycles. The van der Waals surface area contributed by atoms with Crippen LogP contribution < -0.4 is 5.73 Å². The summed E-state index contributed by atoms with van der Waals surface area (Å²) in [5.74, 6) is 0. The van der Waals surface area contributed by atoms with E-state index in [-0.39, 0.29) is 0 Å². The van der Waals surface area contributed by atoms with Crippen molar-refractivity contribution in [2.45, 2.75) is 6.54 Å². The van der Waals surface area contributed by atoms with Gasteiger partial charge < -0.3 is 10.6 Å². The van der Waals surface area contributed by atoms with Crippen LogP contribution in [0.1, 0.15) is 5.56 Å². The zero-order chi connectivity index (χ0) is 14.5. The second kappa shape index (κ2) is 7.27. The summed E-state index contributed by atoms with van der Waals surface area (Å²) in [4.78, 5) is 7.24. The van der Waals surface area contributed by atoms with Crippen LogP contribution in [-0.2, 0) is 6.54 Å². The molecular formula is C15H25ClN4. The molecule has 0 amide bonds. The Kier molecular flexibility index (Phi) is 5.66. The first-order valence-electron chi connectivity index (χ1n) is 7.17. The quantitative estimate of drug-likeness (QED) is 0.837. The summed E-state index contributed by atoms with van der Waals surface area (Å²) in [7, 11) is 4.25. The van der Waals surface area contributed by atoms with E-state index in [1.165, 1.54) is 5.56 Å². The van der Waals surface area contributed by atoms with E-state index in [4.69, 9.17) is 17.3 Å². The standard InChI is InChI=1S/C15H25ClN4/c1-18(2)3-4-19-5-7-20(8-6-19)12-13-9-14(16)11-15(17)10-13/h9-11H,3-8,12,17H2,1-2H3. The molecule has 0 atom stereocenters. The van der Waals surface area contributed by atoms with Crippen molar-refractivity contribution < 1.29 is 0 Å². The predicted octanol–water partition coefficient (Wildman–Crippen LogP) is 1.60. The number of anilines is 1. The van der Waals surface area contributed by atoms with E-state index in [0.29, 0.717) is 0 Å². The lowest BCUT2D eigenvalue weighted by Crippen LogP contribution is -2.47. The molecule has 2 rings (SSSR count). The van der Waals surface area contributed by atoms with Gasteiger partial charge in [0.05, 0.1) is 0 Å². The number of rotatable bonds is 5. The van der Waals surface area contributed by atoms with Gasteiger partial charge in [-0.2, -0.15) is 0 Å². The van der Waals surface area contributed by atoms with Crippen LogP contribution in [0.4, 0.5) is 5.69 Å². The van der Waals surface area contributed by atoms with Crippen molar-refractivity contribution in [2.24, 2.45) is 0 Å². The van der Waals surface area contributed by atoms with Crippen molar-refractivity contribution in [1.82, 2.24) is 14.7 Å². The van der Waals surface area contributed by atoms with Crippen LogP contribution in [0.2, 0.25) is 5.02 Å². The molecule has 0 unspecified atom stereocenters.